The number of rotatable bonds is 9. The Labute approximate surface area is 236 Å². The fraction of sp³-hybridized carbons (Fsp3) is 0.344. The zero-order valence-electron chi connectivity index (χ0n) is 23.5. The van der Waals surface area contributed by atoms with Gasteiger partial charge in [0.1, 0.15) is 5.69 Å². The number of methoxy groups -OCH3 is 1. The zero-order valence-corrected chi connectivity index (χ0v) is 23.5. The molecule has 1 aromatic heterocycles. The van der Waals surface area contributed by atoms with Crippen molar-refractivity contribution in [3.05, 3.63) is 101 Å². The van der Waals surface area contributed by atoms with Gasteiger partial charge in [-0.15, -0.1) is 0 Å². The van der Waals surface area contributed by atoms with Gasteiger partial charge in [0.2, 0.25) is 5.91 Å². The molecule has 1 aliphatic heterocycles. The lowest BCUT2D eigenvalue weighted by molar-refractivity contribution is -0.125. The monoisotopic (exact) mass is 541 g/mol. The van der Waals surface area contributed by atoms with Crippen LogP contribution in [0.2, 0.25) is 0 Å². The Hall–Kier alpha value is -4.17. The fourth-order valence-corrected chi connectivity index (χ4v) is 5.05. The Morgan fingerprint density at radius 3 is 2.40 bits per heavy atom. The maximum Gasteiger partial charge on any atom is 0.246 e. The zero-order chi connectivity index (χ0) is 28.5. The standard InChI is InChI=1S/C25H31N5O3.C7H8/c1-27-28-25(26)24-22(16-31)21(19-11-12-29(14-19)23(32)4-3-13-33-2)15-30(24)20-9-7-18(8-10-20)17-5-6-17;1-7-5-3-2-4-6-7/h3-4,7-10,15-17,19,27H,5-6,11-14H2,1-2H3,(H2,26,28);2-6H,1H3/b4-3+;. The molecule has 3 aromatic rings. The summed E-state index contributed by atoms with van der Waals surface area (Å²) in [5.74, 6) is 0.901. The average Bonchev–Trinajstić information content (AvgIpc) is 3.57. The van der Waals surface area contributed by atoms with E-state index in [-0.39, 0.29) is 17.7 Å². The van der Waals surface area contributed by atoms with Gasteiger partial charge in [0.15, 0.2) is 12.1 Å². The van der Waals surface area contributed by atoms with Gasteiger partial charge in [0, 0.05) is 56.7 Å². The summed E-state index contributed by atoms with van der Waals surface area (Å²) < 4.78 is 6.91. The van der Waals surface area contributed by atoms with Crippen LogP contribution in [0.5, 0.6) is 0 Å². The summed E-state index contributed by atoms with van der Waals surface area (Å²) in [5, 5.41) is 4.15. The van der Waals surface area contributed by atoms with Crippen molar-refractivity contribution in [1.29, 1.82) is 0 Å². The summed E-state index contributed by atoms with van der Waals surface area (Å²) in [6.07, 6.45) is 9.34. The molecule has 1 aliphatic carbocycles. The van der Waals surface area contributed by atoms with E-state index in [2.05, 4.69) is 53.8 Å². The topological polar surface area (TPSA) is 102 Å². The van der Waals surface area contributed by atoms with E-state index >= 15 is 0 Å². The largest absolute Gasteiger partial charge is 0.381 e. The first-order valence-corrected chi connectivity index (χ1v) is 13.7. The summed E-state index contributed by atoms with van der Waals surface area (Å²) in [6, 6.07) is 18.7. The quantitative estimate of drug-likeness (QED) is 0.136. The van der Waals surface area contributed by atoms with Crippen molar-refractivity contribution < 1.29 is 14.3 Å². The molecule has 210 valence electrons. The lowest BCUT2D eigenvalue weighted by Gasteiger charge is -2.14. The number of hydrogen-bond donors (Lipinski definition) is 2. The molecule has 8 nitrogen and oxygen atoms in total. The van der Waals surface area contributed by atoms with Gasteiger partial charge in [-0.3, -0.25) is 9.59 Å². The number of amidine groups is 1. The van der Waals surface area contributed by atoms with Gasteiger partial charge in [-0.05, 0) is 55.4 Å². The highest BCUT2D eigenvalue weighted by Gasteiger charge is 2.31. The van der Waals surface area contributed by atoms with E-state index in [4.69, 9.17) is 10.5 Å². The van der Waals surface area contributed by atoms with E-state index in [0.717, 1.165) is 24.0 Å². The molecular formula is C32H39N5O3. The maximum absolute atomic E-state index is 12.5. The highest BCUT2D eigenvalue weighted by molar-refractivity contribution is 6.04. The van der Waals surface area contributed by atoms with Crippen molar-refractivity contribution in [2.75, 3.05) is 33.9 Å². The molecule has 2 aliphatic rings. The van der Waals surface area contributed by atoms with Crippen molar-refractivity contribution in [3.63, 3.8) is 0 Å². The maximum atomic E-state index is 12.5. The molecule has 1 amide bonds. The van der Waals surface area contributed by atoms with Crippen molar-refractivity contribution in [3.8, 4) is 5.69 Å². The van der Waals surface area contributed by atoms with Gasteiger partial charge < -0.3 is 25.4 Å². The first-order valence-electron chi connectivity index (χ1n) is 13.7. The number of ether oxygens (including phenoxy) is 1. The van der Waals surface area contributed by atoms with Gasteiger partial charge in [0.05, 0.1) is 6.61 Å². The average molecular weight is 542 g/mol. The van der Waals surface area contributed by atoms with E-state index in [9.17, 15) is 9.59 Å². The molecule has 0 spiro atoms. The Kier molecular flexibility index (Phi) is 9.91. The molecule has 0 radical (unpaired) electrons. The molecule has 0 bridgehead atoms. The smallest absolute Gasteiger partial charge is 0.246 e. The van der Waals surface area contributed by atoms with Crippen LogP contribution in [0.4, 0.5) is 0 Å². The second kappa shape index (κ2) is 13.8. The van der Waals surface area contributed by atoms with Crippen LogP contribution in [-0.2, 0) is 9.53 Å². The number of amides is 1. The molecule has 2 fully saturated rings. The van der Waals surface area contributed by atoms with E-state index in [1.54, 1.807) is 31.2 Å². The molecular weight excluding hydrogens is 502 g/mol. The summed E-state index contributed by atoms with van der Waals surface area (Å²) in [7, 11) is 3.26. The van der Waals surface area contributed by atoms with Crippen molar-refractivity contribution >= 4 is 18.0 Å². The van der Waals surface area contributed by atoms with Gasteiger partial charge >= 0.3 is 0 Å². The van der Waals surface area contributed by atoms with Crippen LogP contribution < -0.4 is 11.2 Å². The molecule has 1 unspecified atom stereocenters. The third-order valence-electron chi connectivity index (χ3n) is 7.29. The number of aryl methyl sites for hydroxylation is 1. The van der Waals surface area contributed by atoms with Gasteiger partial charge in [-0.1, -0.05) is 54.1 Å². The molecule has 1 atom stereocenters. The molecule has 40 heavy (non-hydrogen) atoms. The lowest BCUT2D eigenvalue weighted by Crippen LogP contribution is -2.26. The number of likely N-dealkylation sites (tertiary alicyclic amines) is 1. The fourth-order valence-electron chi connectivity index (χ4n) is 5.05. The molecule has 5 rings (SSSR count). The van der Waals surface area contributed by atoms with Crippen LogP contribution in [-0.4, -0.2) is 61.3 Å². The Morgan fingerprint density at radius 2 is 1.82 bits per heavy atom. The Bertz CT molecular complexity index is 1340. The van der Waals surface area contributed by atoms with Gasteiger partial charge in [-0.25, -0.2) is 0 Å². The van der Waals surface area contributed by atoms with E-state index in [1.165, 1.54) is 24.0 Å². The van der Waals surface area contributed by atoms with Crippen LogP contribution in [0.3, 0.4) is 0 Å². The third kappa shape index (κ3) is 7.07. The van der Waals surface area contributed by atoms with Gasteiger partial charge in [0.25, 0.3) is 0 Å². The second-order valence-corrected chi connectivity index (χ2v) is 10.2. The van der Waals surface area contributed by atoms with E-state index in [1.807, 2.05) is 29.0 Å². The number of nitrogens with zero attached hydrogens (tertiary/aromatic N) is 3. The Morgan fingerprint density at radius 1 is 1.10 bits per heavy atom. The predicted molar refractivity (Wildman–Crippen MR) is 159 cm³/mol. The van der Waals surface area contributed by atoms with Crippen molar-refractivity contribution in [2.45, 2.75) is 38.0 Å². The number of carbonyl (C=O) groups is 2. The first kappa shape index (κ1) is 28.8. The van der Waals surface area contributed by atoms with E-state index < -0.39 is 0 Å². The highest BCUT2D eigenvalue weighted by Crippen LogP contribution is 2.40. The number of aldehydes is 1. The minimum absolute atomic E-state index is 0.0399. The SMILES string of the molecule is CN/N=C(/N)c1c(C=O)c(C2CCN(C(=O)/C=C/COC)C2)cn1-c1ccc(C2CC2)cc1.Cc1ccccc1. The van der Waals surface area contributed by atoms with Crippen molar-refractivity contribution in [1.82, 2.24) is 14.9 Å². The molecule has 1 saturated carbocycles. The van der Waals surface area contributed by atoms with Crippen LogP contribution in [0.15, 0.2) is 78.0 Å². The molecule has 1 saturated heterocycles. The number of hydrogen-bond acceptors (Lipinski definition) is 5. The second-order valence-electron chi connectivity index (χ2n) is 10.2. The summed E-state index contributed by atoms with van der Waals surface area (Å²) in [6.45, 7) is 3.66. The Balaban J connectivity index is 0.000000461. The predicted octanol–water partition coefficient (Wildman–Crippen LogP) is 4.52. The van der Waals surface area contributed by atoms with Crippen molar-refractivity contribution in [2.24, 2.45) is 10.8 Å². The van der Waals surface area contributed by atoms with Crippen LogP contribution in [0, 0.1) is 6.92 Å². The molecule has 3 N–H and O–H groups in total. The molecule has 8 heteroatoms. The third-order valence-corrected chi connectivity index (χ3v) is 7.29. The molecule has 2 aromatic carbocycles. The van der Waals surface area contributed by atoms with Crippen LogP contribution in [0.1, 0.15) is 63.8 Å². The minimum atomic E-state index is -0.0474. The number of benzene rings is 2. The highest BCUT2D eigenvalue weighted by atomic mass is 16.5. The minimum Gasteiger partial charge on any atom is -0.381 e. The van der Waals surface area contributed by atoms with Gasteiger partial charge in [-0.2, -0.15) is 5.10 Å². The number of nitrogens with one attached hydrogen (secondary N) is 1. The summed E-state index contributed by atoms with van der Waals surface area (Å²) in [5.41, 5.74) is 14.6. The number of carbonyl (C=O) groups excluding carboxylic acids is 2. The summed E-state index contributed by atoms with van der Waals surface area (Å²) >= 11 is 0. The summed E-state index contributed by atoms with van der Waals surface area (Å²) in [4.78, 5) is 26.5. The molecule has 2 heterocycles. The van der Waals surface area contributed by atoms with Crippen LogP contribution >= 0.6 is 0 Å². The number of hydrazone groups is 1. The lowest BCUT2D eigenvalue weighted by atomic mass is 9.96. The number of aromatic nitrogens is 1. The normalized spacial score (nSPS) is 17.0. The van der Waals surface area contributed by atoms with E-state index in [0.29, 0.717) is 36.9 Å². The first-order chi connectivity index (χ1) is 19.5. The number of nitrogens with two attached hydrogens (primary N) is 1. The van der Waals surface area contributed by atoms with Crippen LogP contribution in [0.25, 0.3) is 5.69 Å².